The van der Waals surface area contributed by atoms with Crippen LogP contribution in [0.3, 0.4) is 0 Å². The van der Waals surface area contributed by atoms with E-state index in [0.29, 0.717) is 11.1 Å². The molecule has 6 rings (SSSR count). The van der Waals surface area contributed by atoms with Crippen LogP contribution >= 0.6 is 0 Å². The number of methoxy groups -OCH3 is 1. The first-order chi connectivity index (χ1) is 19.5. The molecule has 1 aliphatic heterocycles. The summed E-state index contributed by atoms with van der Waals surface area (Å²) in [6.45, 7) is 1.56. The first kappa shape index (κ1) is 26.2. The Bertz CT molecular complexity index is 1690. The van der Waals surface area contributed by atoms with Crippen LogP contribution in [0.15, 0.2) is 70.8 Å². The summed E-state index contributed by atoms with van der Waals surface area (Å²) in [5.41, 5.74) is 1.46. The monoisotopic (exact) mass is 555 g/mol. The maximum atomic E-state index is 13.9. The lowest BCUT2D eigenvalue weighted by atomic mass is 9.59. The Hall–Kier alpha value is -4.99. The molecule has 2 aromatic carbocycles. The Balaban J connectivity index is 1.48. The Morgan fingerprint density at radius 3 is 2.46 bits per heavy atom. The maximum absolute atomic E-state index is 13.9. The predicted octanol–water partition coefficient (Wildman–Crippen LogP) is 3.44. The zero-order valence-corrected chi connectivity index (χ0v) is 22.1. The molecule has 10 heteroatoms. The van der Waals surface area contributed by atoms with Crippen LogP contribution in [-0.2, 0) is 19.2 Å². The summed E-state index contributed by atoms with van der Waals surface area (Å²) in [5, 5.41) is 30.6. The van der Waals surface area contributed by atoms with E-state index in [4.69, 9.17) is 4.74 Å². The number of ketones is 2. The van der Waals surface area contributed by atoms with Gasteiger partial charge in [0.1, 0.15) is 11.3 Å². The van der Waals surface area contributed by atoms with Crippen LogP contribution in [0.1, 0.15) is 41.6 Å². The van der Waals surface area contributed by atoms with Gasteiger partial charge in [-0.3, -0.25) is 19.2 Å². The number of hydrogen-bond donors (Lipinski definition) is 3. The fourth-order valence-corrected chi connectivity index (χ4v) is 6.75. The topological polar surface area (TPSA) is 159 Å². The number of hydrogen-bond acceptors (Lipinski definition) is 8. The Labute approximate surface area is 233 Å². The number of Topliss-reactive ketones (excluding diaryl/α,β-unsaturated/α-hetero) is 1. The van der Waals surface area contributed by atoms with Crippen molar-refractivity contribution in [3.05, 3.63) is 82.0 Å². The average molecular weight is 556 g/mol. The second-order valence-electron chi connectivity index (χ2n) is 10.6. The van der Waals surface area contributed by atoms with Crippen molar-refractivity contribution in [1.29, 1.82) is 0 Å². The first-order valence-electron chi connectivity index (χ1n) is 13.0. The molecule has 0 aromatic heterocycles. The summed E-state index contributed by atoms with van der Waals surface area (Å²) in [7, 11) is 1.40. The number of carbonyl (C=O) groups is 5. The Morgan fingerprint density at radius 1 is 1.02 bits per heavy atom. The molecule has 0 saturated carbocycles. The molecular formula is C31H25NO9. The van der Waals surface area contributed by atoms with Crippen molar-refractivity contribution in [2.75, 3.05) is 12.0 Å². The fraction of sp³-hybridized carbons (Fsp3) is 0.258. The summed E-state index contributed by atoms with van der Waals surface area (Å²) in [6.07, 6.45) is 3.34. The van der Waals surface area contributed by atoms with E-state index in [1.807, 2.05) is 6.08 Å². The number of nitrogens with zero attached hydrogens (tertiary/aromatic N) is 1. The number of aromatic hydroxyl groups is 2. The molecule has 2 amide bonds. The minimum absolute atomic E-state index is 0.0404. The number of phenolic OH excluding ortho intramolecular Hbond substituents is 1. The van der Waals surface area contributed by atoms with Crippen molar-refractivity contribution in [3.63, 3.8) is 0 Å². The Morgan fingerprint density at radius 2 is 1.78 bits per heavy atom. The number of allylic oxidation sites excluding steroid dienone is 6. The van der Waals surface area contributed by atoms with Crippen molar-refractivity contribution in [3.8, 4) is 17.2 Å². The highest BCUT2D eigenvalue weighted by molar-refractivity contribution is 6.25. The number of carboxylic acid groups (broad SMARTS) is 1. The number of rotatable bonds is 4. The molecule has 10 nitrogen and oxygen atoms in total. The molecular weight excluding hydrogens is 530 g/mol. The van der Waals surface area contributed by atoms with Gasteiger partial charge in [0.05, 0.1) is 24.6 Å². The molecule has 0 bridgehead atoms. The second-order valence-corrected chi connectivity index (χ2v) is 10.6. The third-order valence-electron chi connectivity index (χ3n) is 8.60. The zero-order chi connectivity index (χ0) is 29.3. The molecule has 3 N–H and O–H groups in total. The maximum Gasteiger partial charge on any atom is 0.339 e. The van der Waals surface area contributed by atoms with Crippen molar-refractivity contribution < 1.29 is 44.0 Å². The summed E-state index contributed by atoms with van der Waals surface area (Å²) >= 11 is 0. The van der Waals surface area contributed by atoms with Crippen molar-refractivity contribution in [2.24, 2.45) is 17.8 Å². The minimum Gasteiger partial charge on any atom is -0.507 e. The number of amides is 2. The fourth-order valence-electron chi connectivity index (χ4n) is 6.75. The number of carboxylic acids is 1. The zero-order valence-electron chi connectivity index (χ0n) is 22.1. The molecule has 0 radical (unpaired) electrons. The van der Waals surface area contributed by atoms with E-state index in [1.165, 1.54) is 19.3 Å². The Kier molecular flexibility index (Phi) is 5.95. The third-order valence-corrected chi connectivity index (χ3v) is 8.60. The van der Waals surface area contributed by atoms with Gasteiger partial charge in [0.2, 0.25) is 11.8 Å². The molecule has 4 atom stereocenters. The smallest absolute Gasteiger partial charge is 0.339 e. The molecule has 1 heterocycles. The van der Waals surface area contributed by atoms with Crippen molar-refractivity contribution in [2.45, 2.75) is 25.7 Å². The number of ether oxygens (including phenoxy) is 1. The molecule has 2 aromatic rings. The summed E-state index contributed by atoms with van der Waals surface area (Å²) in [4.78, 5) is 66.6. The van der Waals surface area contributed by atoms with Crippen LogP contribution in [0.25, 0.3) is 0 Å². The van der Waals surface area contributed by atoms with Crippen LogP contribution in [0.4, 0.5) is 5.69 Å². The van der Waals surface area contributed by atoms with Gasteiger partial charge in [-0.05, 0) is 50.0 Å². The van der Waals surface area contributed by atoms with Gasteiger partial charge in [-0.15, -0.1) is 0 Å². The molecule has 3 aliphatic carbocycles. The van der Waals surface area contributed by atoms with Gasteiger partial charge in [-0.1, -0.05) is 23.8 Å². The summed E-state index contributed by atoms with van der Waals surface area (Å²) in [6, 6.07) is 8.37. The second kappa shape index (κ2) is 9.29. The number of phenols is 2. The van der Waals surface area contributed by atoms with E-state index < -0.39 is 47.2 Å². The molecule has 208 valence electrons. The summed E-state index contributed by atoms with van der Waals surface area (Å²) in [5.74, 6) is -6.75. The van der Waals surface area contributed by atoms with Gasteiger partial charge in [-0.2, -0.15) is 0 Å². The highest BCUT2D eigenvalue weighted by Crippen LogP contribution is 2.57. The van der Waals surface area contributed by atoms with Crippen LogP contribution < -0.4 is 9.64 Å². The largest absolute Gasteiger partial charge is 0.507 e. The quantitative estimate of drug-likeness (QED) is 0.292. The number of carbonyl (C=O) groups excluding carboxylic acids is 4. The van der Waals surface area contributed by atoms with E-state index in [9.17, 15) is 39.3 Å². The summed E-state index contributed by atoms with van der Waals surface area (Å²) < 4.78 is 5.30. The number of aromatic carboxylic acids is 1. The molecule has 41 heavy (non-hydrogen) atoms. The van der Waals surface area contributed by atoms with Crippen LogP contribution in [0, 0.1) is 17.8 Å². The first-order valence-corrected chi connectivity index (χ1v) is 13.0. The highest BCUT2D eigenvalue weighted by atomic mass is 16.5. The molecule has 4 aliphatic rings. The lowest BCUT2D eigenvalue weighted by Gasteiger charge is -2.42. The standard InChI is InChI=1S/C31H25NO9/c1-13-10-21(33)20-12-19-15(24(26(20)27(13)35)17-4-3-5-23(41-2)28(17)36)8-9-18-25(19)30(38)32(29(18)37)14-6-7-16(31(39)40)22(34)11-14/h3-8,10-11,18-19,24-25,34,36H,9,12H2,1-2H3,(H,39,40)/t18-,19+,24+,25-/m0/s1. The predicted molar refractivity (Wildman–Crippen MR) is 144 cm³/mol. The van der Waals surface area contributed by atoms with Gasteiger partial charge in [-0.25, -0.2) is 9.69 Å². The number of anilines is 1. The minimum atomic E-state index is -1.36. The number of para-hydroxylation sites is 1. The molecule has 0 spiro atoms. The van der Waals surface area contributed by atoms with E-state index in [2.05, 4.69) is 0 Å². The van der Waals surface area contributed by atoms with Gasteiger partial charge in [0.25, 0.3) is 0 Å². The van der Waals surface area contributed by atoms with E-state index in [1.54, 1.807) is 25.1 Å². The lowest BCUT2D eigenvalue weighted by molar-refractivity contribution is -0.123. The molecule has 1 fully saturated rings. The number of benzene rings is 2. The average Bonchev–Trinajstić information content (AvgIpc) is 3.20. The van der Waals surface area contributed by atoms with Gasteiger partial charge >= 0.3 is 5.97 Å². The number of fused-ring (bicyclic) bond motifs is 3. The van der Waals surface area contributed by atoms with Gasteiger partial charge in [0.15, 0.2) is 23.1 Å². The normalized spacial score (nSPS) is 25.4. The highest BCUT2D eigenvalue weighted by Gasteiger charge is 2.57. The number of imide groups is 1. The third kappa shape index (κ3) is 3.74. The molecule has 0 unspecified atom stereocenters. The van der Waals surface area contributed by atoms with Crippen molar-refractivity contribution in [1.82, 2.24) is 0 Å². The van der Waals surface area contributed by atoms with E-state index >= 15 is 0 Å². The van der Waals surface area contributed by atoms with Crippen LogP contribution in [-0.4, -0.2) is 51.8 Å². The van der Waals surface area contributed by atoms with Crippen LogP contribution in [0.2, 0.25) is 0 Å². The lowest BCUT2D eigenvalue weighted by Crippen LogP contribution is -2.39. The van der Waals surface area contributed by atoms with Gasteiger partial charge in [0, 0.05) is 34.3 Å². The molecule has 1 saturated heterocycles. The van der Waals surface area contributed by atoms with Crippen LogP contribution in [0.5, 0.6) is 17.2 Å². The van der Waals surface area contributed by atoms with E-state index in [0.717, 1.165) is 17.0 Å². The van der Waals surface area contributed by atoms with Crippen molar-refractivity contribution >= 4 is 35.0 Å². The van der Waals surface area contributed by atoms with E-state index in [-0.39, 0.29) is 63.9 Å². The SMILES string of the molecule is COc1cccc([C@H]2C3=CC[C@@H]4C(=O)N(c5ccc(C(=O)O)c(O)c5)C(=O)[C@@H]4[C@@H]3CC3=C2C(=O)C(C)=CC3=O)c1O. The van der Waals surface area contributed by atoms with Gasteiger partial charge < -0.3 is 20.1 Å².